The van der Waals surface area contributed by atoms with Crippen molar-refractivity contribution in [2.75, 3.05) is 4.90 Å². The van der Waals surface area contributed by atoms with Crippen molar-refractivity contribution in [2.24, 2.45) is 0 Å². The summed E-state index contributed by atoms with van der Waals surface area (Å²) in [6.45, 7) is 0. The van der Waals surface area contributed by atoms with Crippen LogP contribution in [0.3, 0.4) is 0 Å². The third-order valence-corrected chi connectivity index (χ3v) is 4.36. The van der Waals surface area contributed by atoms with Crippen molar-refractivity contribution in [1.29, 1.82) is 0 Å². The van der Waals surface area contributed by atoms with Gasteiger partial charge in [0.2, 0.25) is 0 Å². The minimum atomic E-state index is -4.35. The lowest BCUT2D eigenvalue weighted by atomic mass is 10.1. The van der Waals surface area contributed by atoms with E-state index in [2.05, 4.69) is 0 Å². The fourth-order valence-corrected chi connectivity index (χ4v) is 2.81. The molecule has 2 N–H and O–H groups in total. The number of aromatic hydroxyl groups is 1. The van der Waals surface area contributed by atoms with E-state index >= 15 is 0 Å². The Bertz CT molecular complexity index is 1060. The van der Waals surface area contributed by atoms with Gasteiger partial charge in [0.15, 0.2) is 5.75 Å². The molecule has 122 valence electrons. The quantitative estimate of drug-likeness (QED) is 0.547. The van der Waals surface area contributed by atoms with Crippen LogP contribution in [0.4, 0.5) is 17.1 Å². The molecule has 0 aliphatic carbocycles. The van der Waals surface area contributed by atoms with E-state index in [-0.39, 0.29) is 10.6 Å². The van der Waals surface area contributed by atoms with Gasteiger partial charge in [0.05, 0.1) is 4.90 Å². The first-order valence-electron chi connectivity index (χ1n) is 6.75. The Morgan fingerprint density at radius 3 is 1.83 bits per heavy atom. The van der Waals surface area contributed by atoms with Crippen LogP contribution >= 0.6 is 0 Å². The molecular weight excluding hydrogens is 334 g/mol. The third-order valence-electron chi connectivity index (χ3n) is 3.49. The van der Waals surface area contributed by atoms with Crippen LogP contribution in [-0.2, 0) is 10.1 Å². The molecule has 0 unspecified atom stereocenters. The molecule has 0 atom stereocenters. The fourth-order valence-electron chi connectivity index (χ4n) is 2.33. The van der Waals surface area contributed by atoms with Crippen LogP contribution in [0.5, 0.6) is 5.75 Å². The zero-order valence-electron chi connectivity index (χ0n) is 12.1. The number of nitrogens with zero attached hydrogens (tertiary/aromatic N) is 1. The van der Waals surface area contributed by atoms with Crippen molar-refractivity contribution in [3.05, 3.63) is 75.0 Å². The SMILES string of the molecule is O=c1c(O)c(N(c2ccccc2)c2ccc(S(=O)(=O)O)cc2)c1=O. The number of hydrogen-bond acceptors (Lipinski definition) is 6. The predicted molar refractivity (Wildman–Crippen MR) is 87.5 cm³/mol. The van der Waals surface area contributed by atoms with Gasteiger partial charge >= 0.3 is 0 Å². The van der Waals surface area contributed by atoms with Gasteiger partial charge in [-0.1, -0.05) is 18.2 Å². The Balaban J connectivity index is 2.17. The Labute approximate surface area is 136 Å². The first kappa shape index (κ1) is 15.9. The van der Waals surface area contributed by atoms with E-state index in [1.165, 1.54) is 17.0 Å². The summed E-state index contributed by atoms with van der Waals surface area (Å²) in [5, 5.41) is 9.76. The van der Waals surface area contributed by atoms with Gasteiger partial charge in [0, 0.05) is 11.4 Å². The molecule has 0 fully saturated rings. The Hall–Kier alpha value is -2.97. The molecule has 0 radical (unpaired) electrons. The molecule has 8 heteroatoms. The van der Waals surface area contributed by atoms with Gasteiger partial charge in [-0.3, -0.25) is 14.1 Å². The van der Waals surface area contributed by atoms with Crippen molar-refractivity contribution in [1.82, 2.24) is 0 Å². The summed E-state index contributed by atoms with van der Waals surface area (Å²) < 4.78 is 31.3. The average molecular weight is 345 g/mol. The maximum atomic E-state index is 11.8. The molecule has 0 aromatic heterocycles. The van der Waals surface area contributed by atoms with Gasteiger partial charge in [0.25, 0.3) is 21.0 Å². The molecular formula is C16H11NO6S. The monoisotopic (exact) mass is 345 g/mol. The van der Waals surface area contributed by atoms with Gasteiger partial charge in [-0.15, -0.1) is 0 Å². The molecule has 3 rings (SSSR count). The van der Waals surface area contributed by atoms with Crippen LogP contribution < -0.4 is 15.8 Å². The van der Waals surface area contributed by atoms with Crippen molar-refractivity contribution in [2.45, 2.75) is 4.90 Å². The standard InChI is InChI=1S/C16H11NO6S/c18-14-13(15(19)16(14)20)17(10-4-2-1-3-5-10)11-6-8-12(9-7-11)24(21,22)23/h1-9,18H,(H,21,22,23). The third kappa shape index (κ3) is 2.57. The molecule has 0 aliphatic heterocycles. The largest absolute Gasteiger partial charge is 0.502 e. The highest BCUT2D eigenvalue weighted by Gasteiger charge is 2.28. The van der Waals surface area contributed by atoms with Crippen molar-refractivity contribution < 1.29 is 18.1 Å². The Morgan fingerprint density at radius 2 is 1.33 bits per heavy atom. The second-order valence-corrected chi connectivity index (χ2v) is 6.42. The summed E-state index contributed by atoms with van der Waals surface area (Å²) in [5.41, 5.74) is -1.16. The zero-order valence-corrected chi connectivity index (χ0v) is 12.9. The lowest BCUT2D eigenvalue weighted by molar-refractivity contribution is 0.464. The molecule has 0 spiro atoms. The first-order chi connectivity index (χ1) is 11.3. The van der Waals surface area contributed by atoms with Crippen LogP contribution in [-0.4, -0.2) is 18.1 Å². The van der Waals surface area contributed by atoms with E-state index in [0.29, 0.717) is 11.4 Å². The lowest BCUT2D eigenvalue weighted by Gasteiger charge is -2.26. The van der Waals surface area contributed by atoms with Gasteiger partial charge in [0.1, 0.15) is 5.69 Å². The predicted octanol–water partition coefficient (Wildman–Crippen LogP) is 1.70. The summed E-state index contributed by atoms with van der Waals surface area (Å²) in [4.78, 5) is 24.2. The van der Waals surface area contributed by atoms with Gasteiger partial charge in [-0.05, 0) is 36.4 Å². The number of para-hydroxylation sites is 1. The molecule has 3 aromatic carbocycles. The topological polar surface area (TPSA) is 112 Å². The van der Waals surface area contributed by atoms with E-state index in [0.717, 1.165) is 12.1 Å². The van der Waals surface area contributed by atoms with E-state index in [1.54, 1.807) is 30.3 Å². The average Bonchev–Trinajstić information content (AvgIpc) is 2.59. The Morgan fingerprint density at radius 1 is 0.792 bits per heavy atom. The number of hydrogen-bond donors (Lipinski definition) is 2. The highest BCUT2D eigenvalue weighted by molar-refractivity contribution is 7.85. The number of benzene rings is 2. The van der Waals surface area contributed by atoms with Gasteiger partial charge < -0.3 is 10.0 Å². The molecule has 24 heavy (non-hydrogen) atoms. The molecule has 0 saturated heterocycles. The summed E-state index contributed by atoms with van der Waals surface area (Å²) in [7, 11) is -4.35. The van der Waals surface area contributed by atoms with E-state index in [9.17, 15) is 23.1 Å². The van der Waals surface area contributed by atoms with Crippen molar-refractivity contribution in [3.63, 3.8) is 0 Å². The molecule has 7 nitrogen and oxygen atoms in total. The molecule has 3 aromatic rings. The van der Waals surface area contributed by atoms with Crippen molar-refractivity contribution in [3.8, 4) is 5.75 Å². The van der Waals surface area contributed by atoms with Crippen molar-refractivity contribution >= 4 is 27.2 Å². The molecule has 0 heterocycles. The van der Waals surface area contributed by atoms with Gasteiger partial charge in [-0.2, -0.15) is 8.42 Å². The van der Waals surface area contributed by atoms with E-state index in [4.69, 9.17) is 4.55 Å². The molecule has 0 bridgehead atoms. The second-order valence-electron chi connectivity index (χ2n) is 5.00. The maximum Gasteiger partial charge on any atom is 0.294 e. The highest BCUT2D eigenvalue weighted by atomic mass is 32.2. The Kier molecular flexibility index (Phi) is 3.70. The summed E-state index contributed by atoms with van der Waals surface area (Å²) >= 11 is 0. The van der Waals surface area contributed by atoms with E-state index in [1.807, 2.05) is 0 Å². The van der Waals surface area contributed by atoms with E-state index < -0.39 is 26.7 Å². The zero-order chi connectivity index (χ0) is 17.5. The van der Waals surface area contributed by atoms with Crippen LogP contribution in [0.2, 0.25) is 0 Å². The molecule has 0 amide bonds. The fraction of sp³-hybridized carbons (Fsp3) is 0. The maximum absolute atomic E-state index is 11.8. The lowest BCUT2D eigenvalue weighted by Crippen LogP contribution is -2.36. The summed E-state index contributed by atoms with van der Waals surface area (Å²) in [6, 6.07) is 13.5. The minimum Gasteiger partial charge on any atom is -0.502 e. The minimum absolute atomic E-state index is 0.189. The normalized spacial score (nSPS) is 11.5. The van der Waals surface area contributed by atoms with Crippen LogP contribution in [0.15, 0.2) is 69.1 Å². The van der Waals surface area contributed by atoms with Crippen LogP contribution in [0.25, 0.3) is 0 Å². The molecule has 0 aliphatic rings. The summed E-state index contributed by atoms with van der Waals surface area (Å²) in [5.74, 6) is -0.650. The second kappa shape index (κ2) is 5.59. The number of anilines is 3. The summed E-state index contributed by atoms with van der Waals surface area (Å²) in [6.07, 6.45) is 0. The van der Waals surface area contributed by atoms with Crippen LogP contribution in [0, 0.1) is 0 Å². The molecule has 0 saturated carbocycles. The van der Waals surface area contributed by atoms with Crippen LogP contribution in [0.1, 0.15) is 0 Å². The highest BCUT2D eigenvalue weighted by Crippen LogP contribution is 2.36. The number of rotatable bonds is 4. The smallest absolute Gasteiger partial charge is 0.294 e. The van der Waals surface area contributed by atoms with Gasteiger partial charge in [-0.25, -0.2) is 0 Å². The first-order valence-corrected chi connectivity index (χ1v) is 8.19.